The molecule has 0 radical (unpaired) electrons. The Kier molecular flexibility index (Phi) is 5.73. The number of hydrogen-bond donors (Lipinski definition) is 2. The zero-order valence-corrected chi connectivity index (χ0v) is 24.8. The zero-order chi connectivity index (χ0) is 29.2. The van der Waals surface area contributed by atoms with E-state index in [1.54, 1.807) is 11.3 Å². The van der Waals surface area contributed by atoms with Gasteiger partial charge in [-0.05, 0) is 73.6 Å². The van der Waals surface area contributed by atoms with Gasteiger partial charge in [-0.25, -0.2) is 0 Å². The smallest absolute Gasteiger partial charge is 0.101 e. The molecular formula is C40H29N3S. The van der Waals surface area contributed by atoms with Crippen LogP contribution >= 0.6 is 11.3 Å². The monoisotopic (exact) mass is 583 g/mol. The minimum atomic E-state index is -0.354. The fourth-order valence-electron chi connectivity index (χ4n) is 6.87. The first-order valence-electron chi connectivity index (χ1n) is 15.0. The van der Waals surface area contributed by atoms with Crippen LogP contribution in [0.3, 0.4) is 0 Å². The fourth-order valence-corrected chi connectivity index (χ4v) is 8.02. The van der Waals surface area contributed by atoms with Crippen molar-refractivity contribution in [2.24, 2.45) is 5.73 Å². The summed E-state index contributed by atoms with van der Waals surface area (Å²) in [6.45, 7) is 0.740. The van der Waals surface area contributed by atoms with Crippen molar-refractivity contribution in [1.29, 1.82) is 0 Å². The lowest BCUT2D eigenvalue weighted by Crippen LogP contribution is -2.20. The van der Waals surface area contributed by atoms with E-state index in [0.717, 1.165) is 17.1 Å². The summed E-state index contributed by atoms with van der Waals surface area (Å²) in [5, 5.41) is 16.2. The molecule has 1 unspecified atom stereocenters. The summed E-state index contributed by atoms with van der Waals surface area (Å²) in [4.78, 5) is 0. The minimum Gasteiger partial charge on any atom is -0.358 e. The van der Waals surface area contributed by atoms with Gasteiger partial charge in [0.2, 0.25) is 0 Å². The van der Waals surface area contributed by atoms with Crippen molar-refractivity contribution >= 4 is 80.5 Å². The van der Waals surface area contributed by atoms with Crippen LogP contribution in [0.15, 0.2) is 140 Å². The maximum absolute atomic E-state index is 6.96. The molecule has 0 spiro atoms. The molecule has 210 valence electrons. The molecule has 9 aromatic rings. The lowest BCUT2D eigenvalue weighted by Gasteiger charge is -2.18. The van der Waals surface area contributed by atoms with Gasteiger partial charge in [0.25, 0.3) is 0 Å². The number of hydrogen-bond acceptors (Lipinski definition) is 3. The number of fused-ring (bicyclic) bond motifs is 8. The van der Waals surface area contributed by atoms with Crippen molar-refractivity contribution in [1.82, 2.24) is 4.57 Å². The Hall–Kier alpha value is -5.16. The number of anilines is 1. The summed E-state index contributed by atoms with van der Waals surface area (Å²) < 4.78 is 3.73. The number of benzene rings is 7. The van der Waals surface area contributed by atoms with E-state index in [1.807, 2.05) is 0 Å². The number of thiophene rings is 1. The number of nitrogens with one attached hydrogen (secondary N) is 1. The molecule has 0 aliphatic rings. The Labute approximate surface area is 258 Å². The van der Waals surface area contributed by atoms with Crippen molar-refractivity contribution in [3.63, 3.8) is 0 Å². The number of nitrogens with zero attached hydrogens (tertiary/aromatic N) is 1. The van der Waals surface area contributed by atoms with Gasteiger partial charge in [0.1, 0.15) is 6.17 Å². The van der Waals surface area contributed by atoms with Crippen LogP contribution in [-0.2, 0) is 6.54 Å². The first-order chi connectivity index (χ1) is 21.7. The third-order valence-electron chi connectivity index (χ3n) is 9.07. The summed E-state index contributed by atoms with van der Waals surface area (Å²) in [7, 11) is 0. The average molecular weight is 584 g/mol. The molecule has 3 nitrogen and oxygen atoms in total. The molecule has 1 atom stereocenters. The van der Waals surface area contributed by atoms with Crippen molar-refractivity contribution in [2.75, 3.05) is 5.32 Å². The van der Waals surface area contributed by atoms with E-state index in [9.17, 15) is 0 Å². The van der Waals surface area contributed by atoms with E-state index < -0.39 is 0 Å². The van der Waals surface area contributed by atoms with Crippen LogP contribution in [0.2, 0.25) is 0 Å². The van der Waals surface area contributed by atoms with Gasteiger partial charge < -0.3 is 15.6 Å². The van der Waals surface area contributed by atoms with Gasteiger partial charge >= 0.3 is 0 Å². The largest absolute Gasteiger partial charge is 0.358 e. The number of aromatic nitrogens is 1. The highest BCUT2D eigenvalue weighted by Crippen LogP contribution is 2.40. The van der Waals surface area contributed by atoms with Gasteiger partial charge in [-0.1, -0.05) is 109 Å². The van der Waals surface area contributed by atoms with E-state index in [1.165, 1.54) is 69.8 Å². The third kappa shape index (κ3) is 3.99. The molecule has 0 amide bonds. The Morgan fingerprint density at radius 2 is 1.18 bits per heavy atom. The Morgan fingerprint density at radius 3 is 2.02 bits per heavy atom. The number of rotatable bonds is 5. The van der Waals surface area contributed by atoms with E-state index in [2.05, 4.69) is 149 Å². The molecule has 2 heterocycles. The number of para-hydroxylation sites is 1. The van der Waals surface area contributed by atoms with E-state index in [4.69, 9.17) is 5.73 Å². The summed E-state index contributed by atoms with van der Waals surface area (Å²) in [6, 6.07) is 50.3. The summed E-state index contributed by atoms with van der Waals surface area (Å²) in [5.74, 6) is 0. The second-order valence-corrected chi connectivity index (χ2v) is 12.7. The Morgan fingerprint density at radius 1 is 0.545 bits per heavy atom. The first-order valence-corrected chi connectivity index (χ1v) is 15.9. The highest BCUT2D eigenvalue weighted by Gasteiger charge is 2.19. The minimum absolute atomic E-state index is 0.354. The predicted molar refractivity (Wildman–Crippen MR) is 190 cm³/mol. The van der Waals surface area contributed by atoms with Crippen LogP contribution in [0.4, 0.5) is 5.00 Å². The second-order valence-electron chi connectivity index (χ2n) is 11.6. The van der Waals surface area contributed by atoms with Gasteiger partial charge in [0.15, 0.2) is 0 Å². The first kappa shape index (κ1) is 25.3. The third-order valence-corrected chi connectivity index (χ3v) is 10.2. The summed E-state index contributed by atoms with van der Waals surface area (Å²) >= 11 is 1.78. The molecular weight excluding hydrogens is 555 g/mol. The predicted octanol–water partition coefficient (Wildman–Crippen LogP) is 10.6. The summed E-state index contributed by atoms with van der Waals surface area (Å²) in [6.07, 6.45) is -0.354. The second kappa shape index (κ2) is 9.95. The van der Waals surface area contributed by atoms with Crippen LogP contribution in [0, 0.1) is 0 Å². The van der Waals surface area contributed by atoms with Crippen molar-refractivity contribution in [3.05, 3.63) is 151 Å². The molecule has 0 fully saturated rings. The van der Waals surface area contributed by atoms with Crippen LogP contribution < -0.4 is 11.1 Å². The SMILES string of the molecule is NC(Nc1sc2ccccc2c1Cn1c2ccccc2c2cc3ccccc3cc21)c1ccc2ccc3ccccc3c2c1. The standard InChI is InChI=1S/C40H29N3S/c41-39(29-20-19-26-18-17-25-9-3-4-12-30(25)33(26)22-29)42-40-35(32-14-6-8-16-38(32)44-40)24-43-36-15-7-5-13-31(36)34-21-27-10-1-2-11-28(27)23-37(34)43/h1-23,39,42H,24,41H2. The van der Waals surface area contributed by atoms with Gasteiger partial charge in [0, 0.05) is 26.6 Å². The quantitative estimate of drug-likeness (QED) is 0.156. The molecule has 3 N–H and O–H groups in total. The fraction of sp³-hybridized carbons (Fsp3) is 0.0500. The molecule has 7 aromatic carbocycles. The topological polar surface area (TPSA) is 43.0 Å². The van der Waals surface area contributed by atoms with Crippen LogP contribution in [0.25, 0.3) is 64.2 Å². The molecule has 0 aliphatic carbocycles. The lowest BCUT2D eigenvalue weighted by atomic mass is 9.99. The highest BCUT2D eigenvalue weighted by atomic mass is 32.1. The maximum Gasteiger partial charge on any atom is 0.101 e. The normalized spacial score (nSPS) is 12.7. The van der Waals surface area contributed by atoms with Crippen LogP contribution in [0.5, 0.6) is 0 Å². The maximum atomic E-state index is 6.96. The number of nitrogens with two attached hydrogens (primary N) is 1. The van der Waals surface area contributed by atoms with Gasteiger partial charge in [-0.15, -0.1) is 11.3 Å². The van der Waals surface area contributed by atoms with Gasteiger partial charge in [-0.3, -0.25) is 0 Å². The summed E-state index contributed by atoms with van der Waals surface area (Å²) in [5.41, 5.74) is 11.8. The van der Waals surface area contributed by atoms with Crippen LogP contribution in [0.1, 0.15) is 17.3 Å². The lowest BCUT2D eigenvalue weighted by molar-refractivity contribution is 0.829. The van der Waals surface area contributed by atoms with Gasteiger partial charge in [0.05, 0.1) is 17.1 Å². The van der Waals surface area contributed by atoms with E-state index in [-0.39, 0.29) is 6.17 Å². The Balaban J connectivity index is 1.17. The van der Waals surface area contributed by atoms with Crippen molar-refractivity contribution in [3.8, 4) is 0 Å². The molecule has 44 heavy (non-hydrogen) atoms. The molecule has 2 aromatic heterocycles. The molecule has 0 bridgehead atoms. The zero-order valence-electron chi connectivity index (χ0n) is 24.0. The molecule has 4 heteroatoms. The molecule has 0 saturated carbocycles. The van der Waals surface area contributed by atoms with E-state index in [0.29, 0.717) is 0 Å². The highest BCUT2D eigenvalue weighted by molar-refractivity contribution is 7.23. The van der Waals surface area contributed by atoms with Crippen molar-refractivity contribution < 1.29 is 0 Å². The van der Waals surface area contributed by atoms with Crippen LogP contribution in [-0.4, -0.2) is 4.57 Å². The van der Waals surface area contributed by atoms with E-state index >= 15 is 0 Å². The van der Waals surface area contributed by atoms with Crippen molar-refractivity contribution in [2.45, 2.75) is 12.7 Å². The molecule has 0 saturated heterocycles. The van der Waals surface area contributed by atoms with Gasteiger partial charge in [-0.2, -0.15) is 0 Å². The average Bonchev–Trinajstić information content (AvgIpc) is 3.57. The molecule has 0 aliphatic heterocycles. The molecule has 9 rings (SSSR count). The Bertz CT molecular complexity index is 2540.